The monoisotopic (exact) mass is 543 g/mol. The van der Waals surface area contributed by atoms with Gasteiger partial charge in [0.05, 0.1) is 6.10 Å². The van der Waals surface area contributed by atoms with Crippen LogP contribution in [-0.2, 0) is 9.47 Å². The second-order valence-electron chi connectivity index (χ2n) is 8.49. The number of nitrogens with one attached hydrogen (secondary N) is 3. The Balaban J connectivity index is 0. The van der Waals surface area contributed by atoms with Gasteiger partial charge in [-0.3, -0.25) is 4.99 Å². The molecule has 1 amide bonds. The van der Waals surface area contributed by atoms with E-state index in [0.29, 0.717) is 25.7 Å². The predicted molar refractivity (Wildman–Crippen MR) is 136 cm³/mol. The summed E-state index contributed by atoms with van der Waals surface area (Å²) < 4.78 is 11.2. The number of carbonyl (C=O) groups excluding carboxylic acids is 1. The molecule has 8 nitrogen and oxygen atoms in total. The lowest BCUT2D eigenvalue weighted by atomic mass is 10.1. The van der Waals surface area contributed by atoms with E-state index in [0.717, 1.165) is 32.2 Å². The van der Waals surface area contributed by atoms with Crippen molar-refractivity contribution in [2.24, 2.45) is 4.99 Å². The lowest BCUT2D eigenvalue weighted by Crippen LogP contribution is -2.50. The van der Waals surface area contributed by atoms with Gasteiger partial charge in [-0.1, -0.05) is 19.8 Å². The minimum absolute atomic E-state index is 0. The van der Waals surface area contributed by atoms with E-state index < -0.39 is 11.7 Å². The van der Waals surface area contributed by atoms with Crippen LogP contribution in [0.5, 0.6) is 0 Å². The fourth-order valence-electron chi connectivity index (χ4n) is 2.68. The van der Waals surface area contributed by atoms with E-state index in [1.807, 2.05) is 27.7 Å². The first-order valence-electron chi connectivity index (χ1n) is 10.8. The molecule has 0 saturated heterocycles. The summed E-state index contributed by atoms with van der Waals surface area (Å²) in [6.45, 7) is 12.6. The van der Waals surface area contributed by atoms with Gasteiger partial charge in [-0.05, 0) is 54.6 Å². The summed E-state index contributed by atoms with van der Waals surface area (Å²) in [5.41, 5.74) is -0.505. The Morgan fingerprint density at radius 1 is 1.10 bits per heavy atom. The van der Waals surface area contributed by atoms with E-state index >= 15 is 0 Å². The number of ether oxygens (including phenoxy) is 2. The quantitative estimate of drug-likeness (QED) is 0.188. The summed E-state index contributed by atoms with van der Waals surface area (Å²) in [7, 11) is 5.88. The Morgan fingerprint density at radius 3 is 2.27 bits per heavy atom. The average molecular weight is 544 g/mol. The van der Waals surface area contributed by atoms with Gasteiger partial charge in [0, 0.05) is 39.3 Å². The average Bonchev–Trinajstić information content (AvgIpc) is 2.62. The molecule has 0 fully saturated rings. The lowest BCUT2D eigenvalue weighted by molar-refractivity contribution is 0.0522. The smallest absolute Gasteiger partial charge is 0.407 e. The molecule has 0 aromatic rings. The molecule has 0 spiro atoms. The molecular weight excluding hydrogens is 497 g/mol. The van der Waals surface area contributed by atoms with Crippen LogP contribution in [0.25, 0.3) is 0 Å². The van der Waals surface area contributed by atoms with Crippen LogP contribution in [0.15, 0.2) is 4.99 Å². The van der Waals surface area contributed by atoms with E-state index in [4.69, 9.17) is 9.47 Å². The number of alkyl carbamates (subject to hydrolysis) is 1. The minimum Gasteiger partial charge on any atom is -0.444 e. The third-order valence-corrected chi connectivity index (χ3v) is 4.16. The van der Waals surface area contributed by atoms with Crippen LogP contribution < -0.4 is 16.0 Å². The zero-order chi connectivity index (χ0) is 22.3. The maximum Gasteiger partial charge on any atom is 0.407 e. The summed E-state index contributed by atoms with van der Waals surface area (Å²) in [5.74, 6) is 0.714. The molecule has 3 N–H and O–H groups in total. The van der Waals surface area contributed by atoms with Crippen LogP contribution in [0, 0.1) is 0 Å². The molecule has 0 saturated carbocycles. The maximum absolute atomic E-state index is 12.0. The summed E-state index contributed by atoms with van der Waals surface area (Å²) in [4.78, 5) is 18.5. The third-order valence-electron chi connectivity index (χ3n) is 4.16. The van der Waals surface area contributed by atoms with Crippen LogP contribution in [0.1, 0.15) is 60.3 Å². The number of unbranched alkanes of at least 4 members (excludes halogenated alkanes) is 1. The first-order chi connectivity index (χ1) is 13.6. The Bertz CT molecular complexity index is 470. The first kappa shape index (κ1) is 31.4. The molecule has 2 unspecified atom stereocenters. The van der Waals surface area contributed by atoms with Gasteiger partial charge in [0.2, 0.25) is 0 Å². The van der Waals surface area contributed by atoms with E-state index in [1.54, 1.807) is 7.05 Å². The van der Waals surface area contributed by atoms with Crippen molar-refractivity contribution in [3.05, 3.63) is 0 Å². The van der Waals surface area contributed by atoms with Crippen LogP contribution in [0.4, 0.5) is 4.79 Å². The van der Waals surface area contributed by atoms with E-state index in [1.165, 1.54) is 0 Å². The van der Waals surface area contributed by atoms with Crippen molar-refractivity contribution >= 4 is 36.0 Å². The van der Waals surface area contributed by atoms with Crippen molar-refractivity contribution in [3.63, 3.8) is 0 Å². The van der Waals surface area contributed by atoms with Gasteiger partial charge in [0.15, 0.2) is 5.96 Å². The van der Waals surface area contributed by atoms with Crippen molar-refractivity contribution in [3.8, 4) is 0 Å². The second kappa shape index (κ2) is 17.8. The van der Waals surface area contributed by atoms with E-state index in [2.05, 4.69) is 46.9 Å². The van der Waals surface area contributed by atoms with Crippen LogP contribution in [-0.4, -0.2) is 82.1 Å². The number of rotatable bonds is 13. The van der Waals surface area contributed by atoms with Gasteiger partial charge in [-0.15, -0.1) is 24.0 Å². The topological polar surface area (TPSA) is 87.2 Å². The van der Waals surface area contributed by atoms with E-state index in [-0.39, 0.29) is 36.1 Å². The van der Waals surface area contributed by atoms with Gasteiger partial charge < -0.3 is 30.3 Å². The van der Waals surface area contributed by atoms with Gasteiger partial charge in [-0.2, -0.15) is 0 Å². The number of halogens is 1. The van der Waals surface area contributed by atoms with Crippen LogP contribution >= 0.6 is 24.0 Å². The lowest BCUT2D eigenvalue weighted by Gasteiger charge is -2.25. The minimum atomic E-state index is -0.505. The Labute approximate surface area is 201 Å². The Morgan fingerprint density at radius 2 is 1.77 bits per heavy atom. The highest BCUT2D eigenvalue weighted by molar-refractivity contribution is 14.0. The molecule has 0 aliphatic rings. The molecule has 30 heavy (non-hydrogen) atoms. The number of hydrogen-bond donors (Lipinski definition) is 3. The van der Waals surface area contributed by atoms with Gasteiger partial charge in [0.1, 0.15) is 5.60 Å². The van der Waals surface area contributed by atoms with Crippen molar-refractivity contribution in [1.82, 2.24) is 20.9 Å². The molecule has 9 heteroatoms. The van der Waals surface area contributed by atoms with Crippen LogP contribution in [0.2, 0.25) is 0 Å². The molecule has 2 atom stereocenters. The number of amides is 1. The number of guanidine groups is 1. The van der Waals surface area contributed by atoms with Gasteiger partial charge >= 0.3 is 6.09 Å². The molecule has 0 rings (SSSR count). The molecule has 0 aliphatic heterocycles. The zero-order valence-electron chi connectivity index (χ0n) is 20.3. The maximum atomic E-state index is 12.0. The first-order valence-corrected chi connectivity index (χ1v) is 10.8. The fraction of sp³-hybridized carbons (Fsp3) is 0.905. The van der Waals surface area contributed by atoms with Crippen molar-refractivity contribution in [2.45, 2.75) is 78.0 Å². The molecule has 0 heterocycles. The summed E-state index contributed by atoms with van der Waals surface area (Å²) in [5, 5.41) is 9.64. The standard InChI is InChI=1S/C21H45N5O3.HI/c1-9-11-12-17(15-24-20(27)29-21(3,4)5)25-19(22-6)23-16-18(28-10-2)13-14-26(7)8;/h17-18H,9-16H2,1-8H3,(H,24,27)(H2,22,23,25);1H. The van der Waals surface area contributed by atoms with Crippen molar-refractivity contribution < 1.29 is 14.3 Å². The molecule has 180 valence electrons. The molecule has 0 aliphatic carbocycles. The van der Waals surface area contributed by atoms with Crippen molar-refractivity contribution in [1.29, 1.82) is 0 Å². The predicted octanol–water partition coefficient (Wildman–Crippen LogP) is 3.21. The third kappa shape index (κ3) is 18.0. The zero-order valence-corrected chi connectivity index (χ0v) is 22.7. The SMILES string of the molecule is CCCCC(CNC(=O)OC(C)(C)C)NC(=NC)NCC(CCN(C)C)OCC.I. The van der Waals surface area contributed by atoms with Gasteiger partial charge in [-0.25, -0.2) is 4.79 Å². The summed E-state index contributed by atoms with van der Waals surface area (Å²) in [6, 6.07) is 0.0704. The van der Waals surface area contributed by atoms with Crippen molar-refractivity contribution in [2.75, 3.05) is 47.4 Å². The number of aliphatic imine (C=N–C) groups is 1. The highest BCUT2D eigenvalue weighted by Gasteiger charge is 2.18. The molecular formula is C21H46IN5O3. The molecule has 0 bridgehead atoms. The number of carbonyl (C=O) groups is 1. The second-order valence-corrected chi connectivity index (χ2v) is 8.49. The largest absolute Gasteiger partial charge is 0.444 e. The highest BCUT2D eigenvalue weighted by Crippen LogP contribution is 2.07. The highest BCUT2D eigenvalue weighted by atomic mass is 127. The van der Waals surface area contributed by atoms with Crippen LogP contribution in [0.3, 0.4) is 0 Å². The number of nitrogens with zero attached hydrogens (tertiary/aromatic N) is 2. The summed E-state index contributed by atoms with van der Waals surface area (Å²) in [6.07, 6.45) is 3.76. The van der Waals surface area contributed by atoms with E-state index in [9.17, 15) is 4.79 Å². The Hall–Kier alpha value is -0.810. The summed E-state index contributed by atoms with van der Waals surface area (Å²) >= 11 is 0. The molecule has 0 radical (unpaired) electrons. The molecule has 0 aromatic carbocycles. The normalized spacial score (nSPS) is 14.0. The fourth-order valence-corrected chi connectivity index (χ4v) is 2.68. The Kier molecular flexibility index (Phi) is 18.6. The molecule has 0 aromatic heterocycles. The number of hydrogen-bond acceptors (Lipinski definition) is 5. The van der Waals surface area contributed by atoms with Gasteiger partial charge in [0.25, 0.3) is 0 Å².